The highest BCUT2D eigenvalue weighted by atomic mass is 79.9. The molecule has 4 aromatic rings. The maximum atomic E-state index is 12.7. The highest BCUT2D eigenvalue weighted by molar-refractivity contribution is 9.10. The number of amides is 1. The van der Waals surface area contributed by atoms with Crippen LogP contribution in [0.25, 0.3) is 11.8 Å². The molecule has 0 bridgehead atoms. The monoisotopic (exact) mass is 587 g/mol. The molecular formula is C31H30BrN3O2S. The normalized spacial score (nSPS) is 16.1. The lowest BCUT2D eigenvalue weighted by Crippen LogP contribution is -2.30. The van der Waals surface area contributed by atoms with Gasteiger partial charge in [0.05, 0.1) is 4.91 Å². The zero-order valence-corrected chi connectivity index (χ0v) is 24.0. The van der Waals surface area contributed by atoms with Gasteiger partial charge in [-0.3, -0.25) is 4.79 Å². The van der Waals surface area contributed by atoms with E-state index in [0.29, 0.717) is 11.5 Å². The number of rotatable bonds is 8. The Morgan fingerprint density at radius 1 is 1.00 bits per heavy atom. The van der Waals surface area contributed by atoms with E-state index in [2.05, 4.69) is 94.4 Å². The third-order valence-electron chi connectivity index (χ3n) is 6.56. The predicted molar refractivity (Wildman–Crippen MR) is 161 cm³/mol. The van der Waals surface area contributed by atoms with Crippen molar-refractivity contribution in [1.82, 2.24) is 9.88 Å². The van der Waals surface area contributed by atoms with Crippen molar-refractivity contribution in [2.24, 2.45) is 0 Å². The van der Waals surface area contributed by atoms with Gasteiger partial charge in [-0.2, -0.15) is 0 Å². The van der Waals surface area contributed by atoms with Crippen molar-refractivity contribution in [1.29, 1.82) is 0 Å². The molecule has 1 saturated heterocycles. The summed E-state index contributed by atoms with van der Waals surface area (Å²) in [5, 5.41) is 6.42. The Hall–Kier alpha value is -3.42. The second-order valence-corrected chi connectivity index (χ2v) is 11.3. The van der Waals surface area contributed by atoms with Gasteiger partial charge in [0.25, 0.3) is 5.91 Å². The van der Waals surface area contributed by atoms with Crippen LogP contribution in [0.2, 0.25) is 0 Å². The van der Waals surface area contributed by atoms with E-state index in [1.54, 1.807) is 0 Å². The fourth-order valence-corrected chi connectivity index (χ4v) is 5.70. The smallest absolute Gasteiger partial charge is 0.260 e. The van der Waals surface area contributed by atoms with Crippen LogP contribution in [-0.2, 0) is 17.8 Å². The minimum Gasteiger partial charge on any atom is -0.489 e. The van der Waals surface area contributed by atoms with E-state index >= 15 is 0 Å². The molecule has 0 spiro atoms. The zero-order chi connectivity index (χ0) is 26.6. The van der Waals surface area contributed by atoms with Gasteiger partial charge in [-0.1, -0.05) is 58.9 Å². The largest absolute Gasteiger partial charge is 0.489 e. The molecule has 1 aliphatic heterocycles. The summed E-state index contributed by atoms with van der Waals surface area (Å²) in [4.78, 5) is 13.4. The Kier molecular flexibility index (Phi) is 7.95. The lowest BCUT2D eigenvalue weighted by atomic mass is 10.1. The Morgan fingerprint density at radius 2 is 1.68 bits per heavy atom. The third-order valence-corrected chi connectivity index (χ3v) is 8.12. The molecule has 3 aromatic carbocycles. The third kappa shape index (κ3) is 6.00. The summed E-state index contributed by atoms with van der Waals surface area (Å²) in [6.45, 7) is 6.82. The van der Waals surface area contributed by atoms with Crippen molar-refractivity contribution in [3.8, 4) is 11.4 Å². The van der Waals surface area contributed by atoms with Crippen LogP contribution in [0.5, 0.6) is 5.75 Å². The number of carbonyl (C=O) groups excluding carboxylic acids is 1. The molecule has 5 rings (SSSR count). The van der Waals surface area contributed by atoms with E-state index in [1.165, 1.54) is 17.3 Å². The van der Waals surface area contributed by atoms with Gasteiger partial charge in [-0.25, -0.2) is 0 Å². The summed E-state index contributed by atoms with van der Waals surface area (Å²) in [7, 11) is 0. The average molecular weight is 589 g/mol. The van der Waals surface area contributed by atoms with Gasteiger partial charge in [-0.05, 0) is 97.6 Å². The maximum Gasteiger partial charge on any atom is 0.260 e. The van der Waals surface area contributed by atoms with Crippen molar-refractivity contribution in [2.75, 3.05) is 5.32 Å². The molecular weight excluding hydrogens is 558 g/mol. The molecule has 1 aromatic heterocycles. The van der Waals surface area contributed by atoms with Crippen molar-refractivity contribution >= 4 is 45.4 Å². The van der Waals surface area contributed by atoms with Crippen molar-refractivity contribution < 1.29 is 9.53 Å². The summed E-state index contributed by atoms with van der Waals surface area (Å²) < 4.78 is 9.22. The first-order valence-corrected chi connectivity index (χ1v) is 14.3. The molecule has 2 heterocycles. The molecule has 0 radical (unpaired) electrons. The number of carbonyl (C=O) groups is 1. The molecule has 5 nitrogen and oxygen atoms in total. The number of nitrogens with one attached hydrogen (secondary N) is 2. The SMILES string of the molecule is CCc1ccc(N[C@H]2NC(=O)/C(=C/c3cc(C)n(-c4ccc(OCc5ccc(Br)cc5)cc4)c3C)S2)cc1. The van der Waals surface area contributed by atoms with Gasteiger partial charge >= 0.3 is 0 Å². The average Bonchev–Trinajstić information content (AvgIpc) is 3.41. The van der Waals surface area contributed by atoms with Crippen LogP contribution < -0.4 is 15.4 Å². The molecule has 0 saturated carbocycles. The van der Waals surface area contributed by atoms with Crippen LogP contribution >= 0.6 is 27.7 Å². The number of benzene rings is 3. The number of anilines is 1. The first-order chi connectivity index (χ1) is 18.4. The summed E-state index contributed by atoms with van der Waals surface area (Å²) in [6, 6.07) is 26.7. The van der Waals surface area contributed by atoms with E-state index in [0.717, 1.165) is 50.5 Å². The molecule has 1 amide bonds. The van der Waals surface area contributed by atoms with Crippen molar-refractivity contribution in [3.63, 3.8) is 0 Å². The van der Waals surface area contributed by atoms with Gasteiger partial charge < -0.3 is 19.9 Å². The predicted octanol–water partition coefficient (Wildman–Crippen LogP) is 7.60. The van der Waals surface area contributed by atoms with Crippen LogP contribution in [0.3, 0.4) is 0 Å². The molecule has 1 fully saturated rings. The molecule has 1 atom stereocenters. The Labute approximate surface area is 236 Å². The molecule has 194 valence electrons. The van der Waals surface area contributed by atoms with Gasteiger partial charge in [-0.15, -0.1) is 0 Å². The summed E-state index contributed by atoms with van der Waals surface area (Å²) >= 11 is 4.97. The fourth-order valence-electron chi connectivity index (χ4n) is 4.46. The number of aryl methyl sites for hydroxylation is 2. The standard InChI is InChI=1S/C31H30BrN3O2S/c1-4-22-7-11-26(12-8-22)33-31-34-30(36)29(38-31)18-24-17-20(2)35(21(24)3)27-13-15-28(16-14-27)37-19-23-5-9-25(32)10-6-23/h5-18,31,33H,4,19H2,1-3H3,(H,34,36)/b29-18-/t31-/m0/s1. The number of ether oxygens (including phenoxy) is 1. The Morgan fingerprint density at radius 3 is 2.37 bits per heavy atom. The van der Waals surface area contributed by atoms with E-state index in [-0.39, 0.29) is 11.4 Å². The molecule has 7 heteroatoms. The van der Waals surface area contributed by atoms with Crippen LogP contribution in [0.4, 0.5) is 5.69 Å². The number of hydrogen-bond acceptors (Lipinski definition) is 4. The zero-order valence-electron chi connectivity index (χ0n) is 21.6. The Bertz CT molecular complexity index is 1460. The Balaban J connectivity index is 1.27. The fraction of sp³-hybridized carbons (Fsp3) is 0.194. The molecule has 0 unspecified atom stereocenters. The van der Waals surface area contributed by atoms with E-state index in [4.69, 9.17) is 4.74 Å². The van der Waals surface area contributed by atoms with Crippen LogP contribution in [-0.4, -0.2) is 16.0 Å². The lowest BCUT2D eigenvalue weighted by molar-refractivity contribution is -0.116. The van der Waals surface area contributed by atoms with Crippen molar-refractivity contribution in [2.45, 2.75) is 39.3 Å². The van der Waals surface area contributed by atoms with Gasteiger partial charge in [0.15, 0.2) is 5.50 Å². The number of hydrogen-bond donors (Lipinski definition) is 2. The summed E-state index contributed by atoms with van der Waals surface area (Å²) in [5.41, 5.74) is 7.47. The maximum absolute atomic E-state index is 12.7. The first kappa shape index (κ1) is 26.2. The van der Waals surface area contributed by atoms with Crippen LogP contribution in [0, 0.1) is 13.8 Å². The van der Waals surface area contributed by atoms with E-state index < -0.39 is 0 Å². The molecule has 1 aliphatic rings. The molecule has 0 aliphatic carbocycles. The number of aromatic nitrogens is 1. The summed E-state index contributed by atoms with van der Waals surface area (Å²) in [5.74, 6) is 0.762. The summed E-state index contributed by atoms with van der Waals surface area (Å²) in [6.07, 6.45) is 2.99. The molecule has 38 heavy (non-hydrogen) atoms. The minimum atomic E-state index is -0.199. The second kappa shape index (κ2) is 11.5. The molecule has 2 N–H and O–H groups in total. The van der Waals surface area contributed by atoms with E-state index in [9.17, 15) is 4.79 Å². The minimum absolute atomic E-state index is 0.0604. The first-order valence-electron chi connectivity index (χ1n) is 12.6. The number of halogens is 1. The van der Waals surface area contributed by atoms with Gasteiger partial charge in [0, 0.05) is 27.2 Å². The number of nitrogens with zero attached hydrogens (tertiary/aromatic N) is 1. The lowest BCUT2D eigenvalue weighted by Gasteiger charge is -2.13. The topological polar surface area (TPSA) is 55.3 Å². The number of thioether (sulfide) groups is 1. The van der Waals surface area contributed by atoms with E-state index in [1.807, 2.05) is 42.5 Å². The highest BCUT2D eigenvalue weighted by Crippen LogP contribution is 2.32. The van der Waals surface area contributed by atoms with Crippen molar-refractivity contribution in [3.05, 3.63) is 116 Å². The highest BCUT2D eigenvalue weighted by Gasteiger charge is 2.27. The second-order valence-electron chi connectivity index (χ2n) is 9.25. The van der Waals surface area contributed by atoms with Gasteiger partial charge in [0.1, 0.15) is 12.4 Å². The van der Waals surface area contributed by atoms with Gasteiger partial charge in [0.2, 0.25) is 0 Å². The van der Waals surface area contributed by atoms with Crippen LogP contribution in [0.15, 0.2) is 88.2 Å². The quantitative estimate of drug-likeness (QED) is 0.208. The van der Waals surface area contributed by atoms with Crippen LogP contribution in [0.1, 0.15) is 35.0 Å².